The number of allylic oxidation sites excluding steroid dienone is 2. The van der Waals surface area contributed by atoms with Gasteiger partial charge < -0.3 is 16.6 Å². The van der Waals surface area contributed by atoms with Crippen molar-refractivity contribution >= 4 is 47.2 Å². The number of fused-ring (bicyclic) bond motifs is 1. The average Bonchev–Trinajstić information content (AvgIpc) is 3.03. The molecule has 0 spiro atoms. The number of imidazole rings is 1. The van der Waals surface area contributed by atoms with Crippen molar-refractivity contribution in [1.29, 1.82) is 0 Å². The molecule has 0 radical (unpaired) electrons. The molecule has 2 heterocycles. The van der Waals surface area contributed by atoms with Gasteiger partial charge >= 0.3 is 0 Å². The smallest absolute Gasteiger partial charge is 0.221 e. The molecule has 0 saturated heterocycles. The SMILES string of the molecule is Cl.NC(=O)CC(O)(c1ccccc1)c1ccc2nc(N)n(N3C=CC=CS3)c2c1. The van der Waals surface area contributed by atoms with Crippen LogP contribution in [0.3, 0.4) is 0 Å². The number of nitrogens with two attached hydrogens (primary N) is 2. The minimum Gasteiger partial charge on any atom is -0.380 e. The lowest BCUT2D eigenvalue weighted by Crippen LogP contribution is -2.33. The number of carbonyl (C=O) groups is 1. The number of aliphatic hydroxyl groups is 1. The Morgan fingerprint density at radius 2 is 1.90 bits per heavy atom. The molecule has 9 heteroatoms. The van der Waals surface area contributed by atoms with Gasteiger partial charge in [-0.15, -0.1) is 12.4 Å². The van der Waals surface area contributed by atoms with E-state index in [-0.39, 0.29) is 18.8 Å². The number of anilines is 1. The fourth-order valence-corrected chi connectivity index (χ4v) is 3.99. The van der Waals surface area contributed by atoms with E-state index >= 15 is 0 Å². The van der Waals surface area contributed by atoms with Gasteiger partial charge in [0.2, 0.25) is 11.9 Å². The zero-order valence-electron chi connectivity index (χ0n) is 15.3. The molecule has 0 bridgehead atoms. The highest BCUT2D eigenvalue weighted by molar-refractivity contribution is 8.03. The van der Waals surface area contributed by atoms with Crippen molar-refractivity contribution in [3.8, 4) is 0 Å². The number of hydrogen-bond acceptors (Lipinski definition) is 6. The van der Waals surface area contributed by atoms with Crippen LogP contribution in [0.15, 0.2) is 72.3 Å². The number of hydrogen-bond donors (Lipinski definition) is 3. The van der Waals surface area contributed by atoms with Crippen LogP contribution in [-0.2, 0) is 10.4 Å². The third kappa shape index (κ3) is 3.82. The van der Waals surface area contributed by atoms with Crippen LogP contribution in [0.5, 0.6) is 0 Å². The first-order valence-electron chi connectivity index (χ1n) is 8.63. The van der Waals surface area contributed by atoms with Crippen molar-refractivity contribution in [2.75, 3.05) is 10.1 Å². The normalized spacial score (nSPS) is 15.1. The summed E-state index contributed by atoms with van der Waals surface area (Å²) in [5, 5.41) is 13.4. The van der Waals surface area contributed by atoms with Crippen LogP contribution in [0, 0.1) is 0 Å². The molecule has 1 unspecified atom stereocenters. The third-order valence-corrected chi connectivity index (χ3v) is 5.36. The van der Waals surface area contributed by atoms with Crippen molar-refractivity contribution in [1.82, 2.24) is 9.66 Å². The first-order chi connectivity index (χ1) is 13.5. The quantitative estimate of drug-likeness (QED) is 0.538. The monoisotopic (exact) mass is 429 g/mol. The number of primary amides is 1. The summed E-state index contributed by atoms with van der Waals surface area (Å²) in [5.41, 5.74) is 12.5. The lowest BCUT2D eigenvalue weighted by molar-refractivity contribution is -0.121. The van der Waals surface area contributed by atoms with E-state index in [0.29, 0.717) is 28.1 Å². The molecule has 150 valence electrons. The van der Waals surface area contributed by atoms with Crippen molar-refractivity contribution in [2.24, 2.45) is 5.73 Å². The molecule has 1 aliphatic heterocycles. The fraction of sp³-hybridized carbons (Fsp3) is 0.100. The van der Waals surface area contributed by atoms with Gasteiger partial charge in [-0.25, -0.2) is 14.1 Å². The molecule has 3 aromatic rings. The maximum absolute atomic E-state index is 11.7. The second kappa shape index (κ2) is 8.20. The first-order valence-corrected chi connectivity index (χ1v) is 9.47. The van der Waals surface area contributed by atoms with Crippen LogP contribution in [0.2, 0.25) is 0 Å². The molecule has 4 rings (SSSR count). The number of aromatic nitrogens is 2. The number of nitrogens with zero attached hydrogens (tertiary/aromatic N) is 3. The van der Waals surface area contributed by atoms with Crippen molar-refractivity contribution in [3.63, 3.8) is 0 Å². The molecule has 5 N–H and O–H groups in total. The van der Waals surface area contributed by atoms with E-state index < -0.39 is 11.5 Å². The molecule has 29 heavy (non-hydrogen) atoms. The van der Waals surface area contributed by atoms with Crippen LogP contribution in [0.25, 0.3) is 11.0 Å². The Balaban J connectivity index is 0.00000240. The minimum absolute atomic E-state index is 0. The Hall–Kier alpha value is -2.94. The summed E-state index contributed by atoms with van der Waals surface area (Å²) in [6.45, 7) is 0. The van der Waals surface area contributed by atoms with E-state index in [9.17, 15) is 9.90 Å². The molecule has 1 amide bonds. The number of amides is 1. The van der Waals surface area contributed by atoms with Gasteiger partial charge in [0.1, 0.15) is 5.60 Å². The standard InChI is InChI=1S/C20H19N5O2S.ClH/c21-18(26)13-20(27,14-6-2-1-3-7-14)15-8-9-16-17(12-15)25(19(22)23-16)24-10-4-5-11-28-24;/h1-12,27H,13H2,(H2,21,26)(H2,22,23);1H. The fourth-order valence-electron chi connectivity index (χ4n) is 3.30. The van der Waals surface area contributed by atoms with E-state index in [1.165, 1.54) is 11.9 Å². The number of rotatable bonds is 5. The van der Waals surface area contributed by atoms with E-state index in [4.69, 9.17) is 11.5 Å². The molecule has 1 aromatic heterocycles. The summed E-state index contributed by atoms with van der Waals surface area (Å²) in [6.07, 6.45) is 5.43. The zero-order valence-corrected chi connectivity index (χ0v) is 16.9. The molecule has 1 aliphatic rings. The van der Waals surface area contributed by atoms with Crippen LogP contribution in [0.1, 0.15) is 17.5 Å². The van der Waals surface area contributed by atoms with Crippen LogP contribution in [-0.4, -0.2) is 20.7 Å². The second-order valence-corrected chi connectivity index (χ2v) is 7.29. The Morgan fingerprint density at radius 3 is 2.55 bits per heavy atom. The molecular weight excluding hydrogens is 410 g/mol. The highest BCUT2D eigenvalue weighted by Gasteiger charge is 2.34. The number of nitrogen functional groups attached to an aromatic ring is 1. The van der Waals surface area contributed by atoms with Gasteiger partial charge in [-0.3, -0.25) is 4.79 Å². The molecule has 7 nitrogen and oxygen atoms in total. The van der Waals surface area contributed by atoms with Gasteiger partial charge in [0.25, 0.3) is 0 Å². The van der Waals surface area contributed by atoms with E-state index in [1.807, 2.05) is 46.4 Å². The summed E-state index contributed by atoms with van der Waals surface area (Å²) in [6, 6.07) is 14.3. The van der Waals surface area contributed by atoms with E-state index in [2.05, 4.69) is 4.98 Å². The summed E-state index contributed by atoms with van der Waals surface area (Å²) >= 11 is 1.44. The Bertz CT molecular complexity index is 1100. The van der Waals surface area contributed by atoms with Crippen molar-refractivity contribution < 1.29 is 9.90 Å². The Labute approximate surface area is 178 Å². The molecule has 1 atom stereocenters. The summed E-state index contributed by atoms with van der Waals surface area (Å²) < 4.78 is 3.59. The second-order valence-electron chi connectivity index (χ2n) is 6.43. The van der Waals surface area contributed by atoms with Crippen LogP contribution >= 0.6 is 24.4 Å². The first kappa shape index (κ1) is 20.8. The van der Waals surface area contributed by atoms with E-state index in [0.717, 1.165) is 0 Å². The summed E-state index contributed by atoms with van der Waals surface area (Å²) in [4.78, 5) is 16.1. The van der Waals surface area contributed by atoms with Gasteiger partial charge in [0.05, 0.1) is 17.5 Å². The molecule has 0 fully saturated rings. The Kier molecular flexibility index (Phi) is 5.88. The van der Waals surface area contributed by atoms with Crippen LogP contribution in [0.4, 0.5) is 5.95 Å². The lowest BCUT2D eigenvalue weighted by Gasteiger charge is -2.28. The van der Waals surface area contributed by atoms with Gasteiger partial charge in [-0.2, -0.15) is 0 Å². The predicted octanol–water partition coefficient (Wildman–Crippen LogP) is 2.78. The zero-order chi connectivity index (χ0) is 19.7. The van der Waals surface area contributed by atoms with Gasteiger partial charge in [-0.1, -0.05) is 42.5 Å². The highest BCUT2D eigenvalue weighted by Crippen LogP contribution is 2.35. The predicted molar refractivity (Wildman–Crippen MR) is 119 cm³/mol. The van der Waals surface area contributed by atoms with Crippen LogP contribution < -0.4 is 15.9 Å². The summed E-state index contributed by atoms with van der Waals surface area (Å²) in [7, 11) is 0. The Morgan fingerprint density at radius 1 is 1.14 bits per heavy atom. The number of benzene rings is 2. The van der Waals surface area contributed by atoms with E-state index in [1.54, 1.807) is 35.0 Å². The van der Waals surface area contributed by atoms with Crippen molar-refractivity contribution in [3.05, 3.63) is 83.4 Å². The number of halogens is 1. The maximum Gasteiger partial charge on any atom is 0.221 e. The third-order valence-electron chi connectivity index (χ3n) is 4.58. The number of carbonyl (C=O) groups excluding carboxylic acids is 1. The maximum atomic E-state index is 11.7. The molecule has 0 saturated carbocycles. The topological polar surface area (TPSA) is 110 Å². The average molecular weight is 430 g/mol. The molecule has 2 aromatic carbocycles. The summed E-state index contributed by atoms with van der Waals surface area (Å²) in [5.74, 6) is -0.281. The molecule has 0 aliphatic carbocycles. The van der Waals surface area contributed by atoms with Gasteiger partial charge in [0, 0.05) is 18.1 Å². The largest absolute Gasteiger partial charge is 0.380 e. The van der Waals surface area contributed by atoms with Gasteiger partial charge in [0.15, 0.2) is 0 Å². The van der Waals surface area contributed by atoms with Gasteiger partial charge in [-0.05, 0) is 34.7 Å². The minimum atomic E-state index is -1.56. The molecular formula is C20H20ClN5O2S. The lowest BCUT2D eigenvalue weighted by atomic mass is 9.83. The highest BCUT2D eigenvalue weighted by atomic mass is 35.5. The van der Waals surface area contributed by atoms with Crippen molar-refractivity contribution in [2.45, 2.75) is 12.0 Å².